The van der Waals surface area contributed by atoms with Gasteiger partial charge in [-0.15, -0.1) is 0 Å². The Morgan fingerprint density at radius 3 is 2.30 bits per heavy atom. The highest BCUT2D eigenvalue weighted by atomic mass is 32.1. The second-order valence-corrected chi connectivity index (χ2v) is 5.09. The molecule has 0 aromatic heterocycles. The summed E-state index contributed by atoms with van der Waals surface area (Å²) in [6.07, 6.45) is -3.62. The van der Waals surface area contributed by atoms with Gasteiger partial charge in [-0.3, -0.25) is 4.90 Å². The van der Waals surface area contributed by atoms with Crippen LogP contribution in [0.1, 0.15) is 13.3 Å². The predicted octanol–water partition coefficient (Wildman–Crippen LogP) is 0.941. The Balaban J connectivity index is 2.42. The van der Waals surface area contributed by atoms with Crippen molar-refractivity contribution >= 4 is 23.2 Å². The van der Waals surface area contributed by atoms with Gasteiger partial charge in [0.15, 0.2) is 0 Å². The summed E-state index contributed by atoms with van der Waals surface area (Å²) >= 11 is 4.98. The number of amides is 2. The van der Waals surface area contributed by atoms with E-state index >= 15 is 0 Å². The Morgan fingerprint density at radius 2 is 1.90 bits per heavy atom. The Labute approximate surface area is 121 Å². The lowest BCUT2D eigenvalue weighted by Crippen LogP contribution is -2.56. The molecule has 116 valence electrons. The van der Waals surface area contributed by atoms with Crippen LogP contribution in [-0.4, -0.2) is 65.8 Å². The van der Waals surface area contributed by atoms with Crippen molar-refractivity contribution in [2.75, 3.05) is 32.7 Å². The first kappa shape index (κ1) is 17.0. The number of carbonyl (C=O) groups is 1. The van der Waals surface area contributed by atoms with Gasteiger partial charge in [-0.05, 0) is 6.42 Å². The number of carbonyl (C=O) groups excluding carboxylic acids is 1. The molecule has 0 aliphatic carbocycles. The molecule has 2 amide bonds. The van der Waals surface area contributed by atoms with E-state index in [9.17, 15) is 18.0 Å². The van der Waals surface area contributed by atoms with Crippen molar-refractivity contribution in [2.45, 2.75) is 25.6 Å². The maximum absolute atomic E-state index is 12.0. The van der Waals surface area contributed by atoms with Gasteiger partial charge in [0.2, 0.25) is 0 Å². The highest BCUT2D eigenvalue weighted by Crippen LogP contribution is 2.13. The number of piperazine rings is 1. The third-order valence-corrected chi connectivity index (χ3v) is 3.47. The average Bonchev–Trinajstić information content (AvgIpc) is 2.36. The van der Waals surface area contributed by atoms with Gasteiger partial charge in [0.1, 0.15) is 6.54 Å². The first-order chi connectivity index (χ1) is 9.24. The van der Waals surface area contributed by atoms with Crippen molar-refractivity contribution in [3.63, 3.8) is 0 Å². The van der Waals surface area contributed by atoms with Gasteiger partial charge < -0.3 is 16.0 Å². The van der Waals surface area contributed by atoms with Crippen LogP contribution in [0.3, 0.4) is 0 Å². The lowest BCUT2D eigenvalue weighted by Gasteiger charge is -2.38. The monoisotopic (exact) mass is 312 g/mol. The molecule has 0 saturated carbocycles. The second kappa shape index (κ2) is 7.07. The highest BCUT2D eigenvalue weighted by molar-refractivity contribution is 7.80. The van der Waals surface area contributed by atoms with Gasteiger partial charge in [-0.2, -0.15) is 13.2 Å². The SMILES string of the molecule is CCC(C(N)=S)N1CCN(C(=O)NCC(F)(F)F)CC1. The third-order valence-electron chi connectivity index (χ3n) is 3.20. The molecule has 0 bridgehead atoms. The molecule has 20 heavy (non-hydrogen) atoms. The number of hydrogen-bond acceptors (Lipinski definition) is 3. The van der Waals surface area contributed by atoms with Gasteiger partial charge in [0.25, 0.3) is 0 Å². The number of halogens is 3. The Hall–Kier alpha value is -1.09. The molecule has 5 nitrogen and oxygen atoms in total. The minimum absolute atomic E-state index is 0.0228. The fourth-order valence-electron chi connectivity index (χ4n) is 2.16. The molecule has 0 spiro atoms. The summed E-state index contributed by atoms with van der Waals surface area (Å²) in [5.74, 6) is 0. The number of nitrogens with two attached hydrogens (primary N) is 1. The number of alkyl halides is 3. The second-order valence-electron chi connectivity index (χ2n) is 4.62. The van der Waals surface area contributed by atoms with E-state index in [0.717, 1.165) is 6.42 Å². The topological polar surface area (TPSA) is 61.6 Å². The zero-order chi connectivity index (χ0) is 15.3. The molecule has 1 unspecified atom stereocenters. The number of nitrogens with one attached hydrogen (secondary N) is 1. The van der Waals surface area contributed by atoms with E-state index in [1.807, 2.05) is 12.2 Å². The molecule has 1 fully saturated rings. The highest BCUT2D eigenvalue weighted by Gasteiger charge is 2.30. The van der Waals surface area contributed by atoms with Crippen LogP contribution in [0.25, 0.3) is 0 Å². The van der Waals surface area contributed by atoms with E-state index in [1.54, 1.807) is 0 Å². The van der Waals surface area contributed by atoms with Crippen molar-refractivity contribution in [1.82, 2.24) is 15.1 Å². The zero-order valence-corrected chi connectivity index (χ0v) is 12.1. The quantitative estimate of drug-likeness (QED) is 0.759. The summed E-state index contributed by atoms with van der Waals surface area (Å²) in [4.78, 5) is 15.4. The molecule has 1 atom stereocenters. The molecule has 0 aromatic carbocycles. The number of rotatable bonds is 4. The molecule has 0 aromatic rings. The van der Waals surface area contributed by atoms with Crippen LogP contribution < -0.4 is 11.1 Å². The maximum Gasteiger partial charge on any atom is 0.405 e. The number of thiocarbonyl (C=S) groups is 1. The predicted molar refractivity (Wildman–Crippen MR) is 73.5 cm³/mol. The van der Waals surface area contributed by atoms with Crippen LogP contribution in [-0.2, 0) is 0 Å². The molecule has 1 saturated heterocycles. The molecule has 0 radical (unpaired) electrons. The number of nitrogens with zero attached hydrogens (tertiary/aromatic N) is 2. The molecular formula is C11H19F3N4OS. The number of hydrogen-bond donors (Lipinski definition) is 2. The summed E-state index contributed by atoms with van der Waals surface area (Å²) in [6.45, 7) is 2.49. The fraction of sp³-hybridized carbons (Fsp3) is 0.818. The standard InChI is InChI=1S/C11H19F3N4OS/c1-2-8(9(15)20)17-3-5-18(6-4-17)10(19)16-7-11(12,13)14/h8H,2-7H2,1H3,(H2,15,20)(H,16,19). The van der Waals surface area contributed by atoms with E-state index in [4.69, 9.17) is 18.0 Å². The van der Waals surface area contributed by atoms with E-state index < -0.39 is 18.8 Å². The first-order valence-corrected chi connectivity index (χ1v) is 6.78. The van der Waals surface area contributed by atoms with Gasteiger partial charge in [0.05, 0.1) is 11.0 Å². The molecule has 1 rings (SSSR count). The van der Waals surface area contributed by atoms with Crippen LogP contribution in [0.2, 0.25) is 0 Å². The zero-order valence-electron chi connectivity index (χ0n) is 11.2. The van der Waals surface area contributed by atoms with Gasteiger partial charge in [0, 0.05) is 26.2 Å². The molecule has 9 heteroatoms. The minimum atomic E-state index is -4.39. The summed E-state index contributed by atoms with van der Waals surface area (Å²) in [5.41, 5.74) is 5.64. The first-order valence-electron chi connectivity index (χ1n) is 6.37. The fourth-order valence-corrected chi connectivity index (χ4v) is 2.48. The molecule has 3 N–H and O–H groups in total. The Kier molecular flexibility index (Phi) is 6.00. The van der Waals surface area contributed by atoms with Crippen molar-refractivity contribution in [2.24, 2.45) is 5.73 Å². The summed E-state index contributed by atoms with van der Waals surface area (Å²) in [6, 6.07) is -0.712. The van der Waals surface area contributed by atoms with Gasteiger partial charge in [-0.1, -0.05) is 19.1 Å². The summed E-state index contributed by atoms with van der Waals surface area (Å²) in [7, 11) is 0. The summed E-state index contributed by atoms with van der Waals surface area (Å²) in [5, 5.41) is 1.87. The van der Waals surface area contributed by atoms with Crippen molar-refractivity contribution in [1.29, 1.82) is 0 Å². The van der Waals surface area contributed by atoms with Gasteiger partial charge >= 0.3 is 12.2 Å². The van der Waals surface area contributed by atoms with E-state index in [2.05, 4.69) is 4.90 Å². The van der Waals surface area contributed by atoms with Crippen LogP contribution >= 0.6 is 12.2 Å². The van der Waals surface area contributed by atoms with Crippen molar-refractivity contribution < 1.29 is 18.0 Å². The number of urea groups is 1. The molecule has 1 heterocycles. The lowest BCUT2D eigenvalue weighted by molar-refractivity contribution is -0.123. The van der Waals surface area contributed by atoms with Crippen LogP contribution in [0.4, 0.5) is 18.0 Å². The van der Waals surface area contributed by atoms with E-state index in [-0.39, 0.29) is 6.04 Å². The average molecular weight is 312 g/mol. The van der Waals surface area contributed by atoms with Crippen LogP contribution in [0, 0.1) is 0 Å². The Morgan fingerprint density at radius 1 is 1.35 bits per heavy atom. The van der Waals surface area contributed by atoms with Crippen molar-refractivity contribution in [3.05, 3.63) is 0 Å². The van der Waals surface area contributed by atoms with Gasteiger partial charge in [-0.25, -0.2) is 4.79 Å². The van der Waals surface area contributed by atoms with E-state index in [1.165, 1.54) is 4.90 Å². The largest absolute Gasteiger partial charge is 0.405 e. The normalized spacial score (nSPS) is 18.7. The van der Waals surface area contributed by atoms with Crippen LogP contribution in [0.15, 0.2) is 0 Å². The molecule has 1 aliphatic heterocycles. The minimum Gasteiger partial charge on any atom is -0.392 e. The van der Waals surface area contributed by atoms with Crippen LogP contribution in [0.5, 0.6) is 0 Å². The molecular weight excluding hydrogens is 293 g/mol. The third kappa shape index (κ3) is 5.12. The lowest BCUT2D eigenvalue weighted by atomic mass is 10.1. The van der Waals surface area contributed by atoms with Crippen molar-refractivity contribution in [3.8, 4) is 0 Å². The smallest absolute Gasteiger partial charge is 0.392 e. The molecule has 1 aliphatic rings. The summed E-state index contributed by atoms with van der Waals surface area (Å²) < 4.78 is 36.0. The van der Waals surface area contributed by atoms with E-state index in [0.29, 0.717) is 31.2 Å². The Bertz CT molecular complexity index is 356. The maximum atomic E-state index is 12.0.